The number of phenolic OH excluding ortho intramolecular Hbond substituents is 1. The van der Waals surface area contributed by atoms with Gasteiger partial charge in [0.2, 0.25) is 0 Å². The molecule has 1 heterocycles. The van der Waals surface area contributed by atoms with Crippen molar-refractivity contribution in [2.24, 2.45) is 0 Å². The molecule has 0 aliphatic carbocycles. The number of hydrogen-bond donors (Lipinski definition) is 2. The molecule has 0 bridgehead atoms. The Labute approximate surface area is 81.2 Å². The van der Waals surface area contributed by atoms with Gasteiger partial charge in [-0.15, -0.1) is 0 Å². The third-order valence-electron chi connectivity index (χ3n) is 1.99. The van der Waals surface area contributed by atoms with Crippen molar-refractivity contribution in [3.8, 4) is 22.6 Å². The summed E-state index contributed by atoms with van der Waals surface area (Å²) in [6.45, 7) is 0. The maximum absolute atomic E-state index is 9.26. The molecule has 1 aromatic carbocycles. The zero-order chi connectivity index (χ0) is 9.97. The van der Waals surface area contributed by atoms with Gasteiger partial charge >= 0.3 is 0 Å². The number of ether oxygens (including phenoxy) is 1. The second-order valence-electron chi connectivity index (χ2n) is 2.87. The minimum Gasteiger partial charge on any atom is -0.508 e. The van der Waals surface area contributed by atoms with Crippen LogP contribution in [-0.4, -0.2) is 22.4 Å². The zero-order valence-electron chi connectivity index (χ0n) is 7.69. The Bertz CT molecular complexity index is 424. The highest BCUT2D eigenvalue weighted by Gasteiger charge is 2.06. The molecule has 4 nitrogen and oxygen atoms in total. The lowest BCUT2D eigenvalue weighted by atomic mass is 10.1. The van der Waals surface area contributed by atoms with E-state index in [1.165, 1.54) is 0 Å². The largest absolute Gasteiger partial charge is 0.508 e. The molecule has 2 rings (SSSR count). The third-order valence-corrected chi connectivity index (χ3v) is 1.99. The summed E-state index contributed by atoms with van der Waals surface area (Å²) in [5.74, 6) is 0.820. The molecular weight excluding hydrogens is 180 g/mol. The smallest absolute Gasteiger partial charge is 0.130 e. The van der Waals surface area contributed by atoms with Crippen LogP contribution in [0.3, 0.4) is 0 Å². The third kappa shape index (κ3) is 1.42. The van der Waals surface area contributed by atoms with Crippen molar-refractivity contribution >= 4 is 0 Å². The van der Waals surface area contributed by atoms with Gasteiger partial charge < -0.3 is 9.84 Å². The SMILES string of the molecule is COc1cc(O)ccc1-c1cn[nH]c1. The van der Waals surface area contributed by atoms with E-state index in [0.29, 0.717) is 5.75 Å². The summed E-state index contributed by atoms with van der Waals surface area (Å²) in [7, 11) is 1.57. The number of phenols is 1. The van der Waals surface area contributed by atoms with Crippen LogP contribution in [0.1, 0.15) is 0 Å². The van der Waals surface area contributed by atoms with Gasteiger partial charge in [0.05, 0.1) is 13.3 Å². The van der Waals surface area contributed by atoms with Gasteiger partial charge in [-0.3, -0.25) is 5.10 Å². The van der Waals surface area contributed by atoms with E-state index in [0.717, 1.165) is 11.1 Å². The van der Waals surface area contributed by atoms with E-state index in [1.54, 1.807) is 37.7 Å². The molecule has 0 radical (unpaired) electrons. The van der Waals surface area contributed by atoms with Gasteiger partial charge in [0.25, 0.3) is 0 Å². The highest BCUT2D eigenvalue weighted by Crippen LogP contribution is 2.31. The zero-order valence-corrected chi connectivity index (χ0v) is 7.69. The van der Waals surface area contributed by atoms with Gasteiger partial charge in [-0.05, 0) is 12.1 Å². The Kier molecular flexibility index (Phi) is 2.10. The van der Waals surface area contributed by atoms with Crippen LogP contribution in [0.4, 0.5) is 0 Å². The molecule has 4 heteroatoms. The summed E-state index contributed by atoms with van der Waals surface area (Å²) in [6, 6.07) is 4.98. The molecule has 0 saturated carbocycles. The van der Waals surface area contributed by atoms with Crippen LogP contribution in [0.25, 0.3) is 11.1 Å². The Morgan fingerprint density at radius 2 is 2.29 bits per heavy atom. The topological polar surface area (TPSA) is 58.1 Å². The fourth-order valence-corrected chi connectivity index (χ4v) is 1.32. The van der Waals surface area contributed by atoms with Gasteiger partial charge in [-0.25, -0.2) is 0 Å². The number of rotatable bonds is 2. The van der Waals surface area contributed by atoms with Crippen molar-refractivity contribution in [2.45, 2.75) is 0 Å². The highest BCUT2D eigenvalue weighted by atomic mass is 16.5. The fraction of sp³-hybridized carbons (Fsp3) is 0.100. The average Bonchev–Trinajstić information content (AvgIpc) is 2.70. The molecule has 0 aliphatic heterocycles. The van der Waals surface area contributed by atoms with Crippen molar-refractivity contribution in [1.29, 1.82) is 0 Å². The molecule has 0 unspecified atom stereocenters. The lowest BCUT2D eigenvalue weighted by Crippen LogP contribution is -1.86. The van der Waals surface area contributed by atoms with E-state index in [2.05, 4.69) is 10.2 Å². The number of H-pyrrole nitrogens is 1. The van der Waals surface area contributed by atoms with Crippen LogP contribution in [0.15, 0.2) is 30.6 Å². The molecule has 2 aromatic rings. The normalized spacial score (nSPS) is 10.1. The fourth-order valence-electron chi connectivity index (χ4n) is 1.32. The van der Waals surface area contributed by atoms with Crippen LogP contribution in [0, 0.1) is 0 Å². The predicted molar refractivity (Wildman–Crippen MR) is 52.2 cm³/mol. The van der Waals surface area contributed by atoms with Crippen LogP contribution in [0.2, 0.25) is 0 Å². The molecule has 14 heavy (non-hydrogen) atoms. The Morgan fingerprint density at radius 1 is 1.43 bits per heavy atom. The van der Waals surface area contributed by atoms with Gasteiger partial charge in [-0.1, -0.05) is 0 Å². The summed E-state index contributed by atoms with van der Waals surface area (Å²) < 4.78 is 5.15. The molecule has 0 aliphatic rings. The van der Waals surface area contributed by atoms with Crippen LogP contribution in [-0.2, 0) is 0 Å². The summed E-state index contributed by atoms with van der Waals surface area (Å²) in [6.07, 6.45) is 3.48. The minimum absolute atomic E-state index is 0.189. The molecule has 0 amide bonds. The van der Waals surface area contributed by atoms with Crippen LogP contribution >= 0.6 is 0 Å². The molecule has 2 N–H and O–H groups in total. The number of nitrogens with zero attached hydrogens (tertiary/aromatic N) is 1. The molecule has 0 saturated heterocycles. The Hall–Kier alpha value is -1.97. The molecule has 1 aromatic heterocycles. The summed E-state index contributed by atoms with van der Waals surface area (Å²) in [4.78, 5) is 0. The Balaban J connectivity index is 2.53. The molecule has 0 fully saturated rings. The number of nitrogens with one attached hydrogen (secondary N) is 1. The van der Waals surface area contributed by atoms with E-state index in [4.69, 9.17) is 4.74 Å². The number of aromatic hydroxyl groups is 1. The number of aromatic nitrogens is 2. The van der Waals surface area contributed by atoms with Crippen molar-refractivity contribution in [1.82, 2.24) is 10.2 Å². The van der Waals surface area contributed by atoms with Crippen molar-refractivity contribution in [3.63, 3.8) is 0 Å². The van der Waals surface area contributed by atoms with E-state index >= 15 is 0 Å². The Morgan fingerprint density at radius 3 is 2.93 bits per heavy atom. The number of benzene rings is 1. The first-order valence-corrected chi connectivity index (χ1v) is 4.17. The number of hydrogen-bond acceptors (Lipinski definition) is 3. The maximum atomic E-state index is 9.26. The van der Waals surface area contributed by atoms with E-state index < -0.39 is 0 Å². The maximum Gasteiger partial charge on any atom is 0.130 e. The minimum atomic E-state index is 0.189. The number of aromatic amines is 1. The predicted octanol–water partition coefficient (Wildman–Crippen LogP) is 1.79. The standard InChI is InChI=1S/C10H10N2O2/c1-14-10-4-8(13)2-3-9(10)7-5-11-12-6-7/h2-6,13H,1H3,(H,11,12). The average molecular weight is 190 g/mol. The first-order chi connectivity index (χ1) is 6.81. The summed E-state index contributed by atoms with van der Waals surface area (Å²) >= 11 is 0. The van der Waals surface area contributed by atoms with Crippen LogP contribution in [0.5, 0.6) is 11.5 Å². The first-order valence-electron chi connectivity index (χ1n) is 4.17. The summed E-state index contributed by atoms with van der Waals surface area (Å²) in [5, 5.41) is 15.8. The van der Waals surface area contributed by atoms with Crippen molar-refractivity contribution in [2.75, 3.05) is 7.11 Å². The lowest BCUT2D eigenvalue weighted by molar-refractivity contribution is 0.409. The van der Waals surface area contributed by atoms with Crippen molar-refractivity contribution in [3.05, 3.63) is 30.6 Å². The second-order valence-corrected chi connectivity index (χ2v) is 2.87. The van der Waals surface area contributed by atoms with Crippen molar-refractivity contribution < 1.29 is 9.84 Å². The number of methoxy groups -OCH3 is 1. The molecular formula is C10H10N2O2. The highest BCUT2D eigenvalue weighted by molar-refractivity contribution is 5.70. The van der Waals surface area contributed by atoms with Gasteiger partial charge in [0.15, 0.2) is 0 Å². The van der Waals surface area contributed by atoms with E-state index in [1.807, 2.05) is 0 Å². The summed E-state index contributed by atoms with van der Waals surface area (Å²) in [5.41, 5.74) is 1.83. The molecule has 72 valence electrons. The first kappa shape index (κ1) is 8.62. The van der Waals surface area contributed by atoms with Gasteiger partial charge in [-0.2, -0.15) is 5.10 Å². The molecule has 0 spiro atoms. The quantitative estimate of drug-likeness (QED) is 0.759. The lowest BCUT2D eigenvalue weighted by Gasteiger charge is -2.06. The monoisotopic (exact) mass is 190 g/mol. The van der Waals surface area contributed by atoms with Crippen LogP contribution < -0.4 is 4.74 Å². The molecule has 0 atom stereocenters. The second kappa shape index (κ2) is 3.41. The van der Waals surface area contributed by atoms with Gasteiger partial charge in [0, 0.05) is 23.4 Å². The van der Waals surface area contributed by atoms with E-state index in [9.17, 15) is 5.11 Å². The van der Waals surface area contributed by atoms with E-state index in [-0.39, 0.29) is 5.75 Å². The van der Waals surface area contributed by atoms with Gasteiger partial charge in [0.1, 0.15) is 11.5 Å².